The molecule has 2 heterocycles. The topological polar surface area (TPSA) is 79.2 Å². The molecule has 130 valence electrons. The molecule has 0 radical (unpaired) electrons. The molecular formula is C17H21ClFN3O2. The van der Waals surface area contributed by atoms with Gasteiger partial charge in [0, 0.05) is 30.6 Å². The number of aromatic amines is 1. The number of fused-ring (bicyclic) bond motifs is 1. The number of hydrogen-bond donors (Lipinski definition) is 2. The molecule has 2 aromatic rings. The Morgan fingerprint density at radius 2 is 2.00 bits per heavy atom. The predicted octanol–water partition coefficient (Wildman–Crippen LogP) is 2.29. The molecule has 1 unspecified atom stereocenters. The SMILES string of the molecule is CC(N)C1CCN(C(=O)c2cc(=O)[nH]c3cc(F)ccc23)CC1.Cl. The Labute approximate surface area is 145 Å². The molecule has 1 aromatic carbocycles. The average molecular weight is 354 g/mol. The summed E-state index contributed by atoms with van der Waals surface area (Å²) in [6.07, 6.45) is 1.72. The van der Waals surface area contributed by atoms with E-state index in [2.05, 4.69) is 4.98 Å². The van der Waals surface area contributed by atoms with Crippen LogP contribution in [-0.2, 0) is 0 Å². The van der Waals surface area contributed by atoms with Crippen molar-refractivity contribution in [2.24, 2.45) is 11.7 Å². The zero-order valence-corrected chi connectivity index (χ0v) is 14.2. The van der Waals surface area contributed by atoms with Gasteiger partial charge in [0.05, 0.1) is 11.1 Å². The first kappa shape index (κ1) is 18.4. The maximum absolute atomic E-state index is 13.3. The minimum absolute atomic E-state index is 0. The maximum Gasteiger partial charge on any atom is 0.254 e. The first-order chi connectivity index (χ1) is 11.0. The molecule has 3 rings (SSSR count). The third kappa shape index (κ3) is 3.60. The van der Waals surface area contributed by atoms with E-state index in [4.69, 9.17) is 5.73 Å². The molecule has 1 aromatic heterocycles. The van der Waals surface area contributed by atoms with Crippen molar-refractivity contribution in [1.29, 1.82) is 0 Å². The Morgan fingerprint density at radius 3 is 2.62 bits per heavy atom. The summed E-state index contributed by atoms with van der Waals surface area (Å²) in [4.78, 5) is 28.9. The Balaban J connectivity index is 0.00000208. The zero-order valence-electron chi connectivity index (χ0n) is 13.4. The third-order valence-corrected chi connectivity index (χ3v) is 4.61. The molecule has 0 aliphatic carbocycles. The molecule has 1 aliphatic heterocycles. The lowest BCUT2D eigenvalue weighted by atomic mass is 9.90. The standard InChI is InChI=1S/C17H20FN3O2.ClH/c1-10(19)11-4-6-21(7-5-11)17(23)14-9-16(22)20-15-8-12(18)2-3-13(14)15;/h2-3,8-11H,4-7,19H2,1H3,(H,20,22);1H. The van der Waals surface area contributed by atoms with Gasteiger partial charge in [0.2, 0.25) is 5.56 Å². The van der Waals surface area contributed by atoms with E-state index in [1.165, 1.54) is 24.3 Å². The van der Waals surface area contributed by atoms with Crippen molar-refractivity contribution in [3.63, 3.8) is 0 Å². The number of likely N-dealkylation sites (tertiary alicyclic amines) is 1. The van der Waals surface area contributed by atoms with Crippen LogP contribution in [0.4, 0.5) is 4.39 Å². The first-order valence-electron chi connectivity index (χ1n) is 7.83. The summed E-state index contributed by atoms with van der Waals surface area (Å²) in [6, 6.07) is 5.47. The highest BCUT2D eigenvalue weighted by Gasteiger charge is 2.26. The number of benzene rings is 1. The van der Waals surface area contributed by atoms with E-state index in [9.17, 15) is 14.0 Å². The average Bonchev–Trinajstić information content (AvgIpc) is 2.53. The van der Waals surface area contributed by atoms with Crippen molar-refractivity contribution in [3.05, 3.63) is 46.0 Å². The fourth-order valence-corrected chi connectivity index (χ4v) is 3.21. The molecule has 1 atom stereocenters. The number of nitrogens with zero attached hydrogens (tertiary/aromatic N) is 1. The molecule has 7 heteroatoms. The molecule has 1 fully saturated rings. The van der Waals surface area contributed by atoms with Gasteiger partial charge < -0.3 is 15.6 Å². The molecule has 1 aliphatic rings. The summed E-state index contributed by atoms with van der Waals surface area (Å²) >= 11 is 0. The zero-order chi connectivity index (χ0) is 16.6. The van der Waals surface area contributed by atoms with Crippen LogP contribution in [0.15, 0.2) is 29.1 Å². The molecule has 0 bridgehead atoms. The van der Waals surface area contributed by atoms with Crippen molar-refractivity contribution in [2.45, 2.75) is 25.8 Å². The molecule has 3 N–H and O–H groups in total. The summed E-state index contributed by atoms with van der Waals surface area (Å²) in [5, 5.41) is 0.560. The van der Waals surface area contributed by atoms with Crippen LogP contribution in [0, 0.1) is 11.7 Å². The normalized spacial score (nSPS) is 16.7. The van der Waals surface area contributed by atoms with Crippen molar-refractivity contribution in [3.8, 4) is 0 Å². The van der Waals surface area contributed by atoms with Gasteiger partial charge >= 0.3 is 0 Å². The fraction of sp³-hybridized carbons (Fsp3) is 0.412. The van der Waals surface area contributed by atoms with Crippen LogP contribution in [0.2, 0.25) is 0 Å². The molecular weight excluding hydrogens is 333 g/mol. The largest absolute Gasteiger partial charge is 0.339 e. The number of pyridine rings is 1. The number of nitrogens with two attached hydrogens (primary N) is 1. The highest BCUT2D eigenvalue weighted by molar-refractivity contribution is 6.06. The van der Waals surface area contributed by atoms with Gasteiger partial charge in [-0.1, -0.05) is 0 Å². The predicted molar refractivity (Wildman–Crippen MR) is 94.1 cm³/mol. The van der Waals surface area contributed by atoms with E-state index in [1.807, 2.05) is 6.92 Å². The second-order valence-corrected chi connectivity index (χ2v) is 6.23. The number of amides is 1. The Kier molecular flexibility index (Phi) is 5.62. The molecule has 1 amide bonds. The molecule has 24 heavy (non-hydrogen) atoms. The van der Waals surface area contributed by atoms with E-state index in [0.717, 1.165) is 12.8 Å². The van der Waals surface area contributed by atoms with Crippen molar-refractivity contribution >= 4 is 29.2 Å². The molecule has 0 saturated carbocycles. The Hall–Kier alpha value is -1.92. The van der Waals surface area contributed by atoms with Crippen LogP contribution in [0.3, 0.4) is 0 Å². The van der Waals surface area contributed by atoms with Gasteiger partial charge in [0.1, 0.15) is 5.82 Å². The highest BCUT2D eigenvalue weighted by Crippen LogP contribution is 2.23. The maximum atomic E-state index is 13.3. The van der Waals surface area contributed by atoms with E-state index in [1.54, 1.807) is 4.90 Å². The number of halogens is 2. The van der Waals surface area contributed by atoms with E-state index in [-0.39, 0.29) is 24.4 Å². The second kappa shape index (κ2) is 7.32. The number of carbonyl (C=O) groups is 1. The first-order valence-corrected chi connectivity index (χ1v) is 7.83. The lowest BCUT2D eigenvalue weighted by Crippen LogP contribution is -2.42. The van der Waals surface area contributed by atoms with Crippen LogP contribution < -0.4 is 11.3 Å². The monoisotopic (exact) mass is 353 g/mol. The van der Waals surface area contributed by atoms with Gasteiger partial charge in [-0.25, -0.2) is 4.39 Å². The van der Waals surface area contributed by atoms with Crippen LogP contribution in [0.1, 0.15) is 30.1 Å². The van der Waals surface area contributed by atoms with Crippen molar-refractivity contribution in [1.82, 2.24) is 9.88 Å². The minimum Gasteiger partial charge on any atom is -0.339 e. The van der Waals surface area contributed by atoms with Crippen LogP contribution >= 0.6 is 12.4 Å². The summed E-state index contributed by atoms with van der Waals surface area (Å²) in [7, 11) is 0. The lowest BCUT2D eigenvalue weighted by Gasteiger charge is -2.33. The molecule has 1 saturated heterocycles. The smallest absolute Gasteiger partial charge is 0.254 e. The van der Waals surface area contributed by atoms with Gasteiger partial charge in [-0.15, -0.1) is 12.4 Å². The van der Waals surface area contributed by atoms with Crippen LogP contribution in [0.25, 0.3) is 10.9 Å². The van der Waals surface area contributed by atoms with Gasteiger partial charge in [0.15, 0.2) is 0 Å². The third-order valence-electron chi connectivity index (χ3n) is 4.61. The van der Waals surface area contributed by atoms with Gasteiger partial charge in [0.25, 0.3) is 5.91 Å². The number of carbonyl (C=O) groups excluding carboxylic acids is 1. The quantitative estimate of drug-likeness (QED) is 0.869. The summed E-state index contributed by atoms with van der Waals surface area (Å²) in [5.41, 5.74) is 6.18. The second-order valence-electron chi connectivity index (χ2n) is 6.23. The number of piperidine rings is 1. The van der Waals surface area contributed by atoms with Crippen LogP contribution in [-0.4, -0.2) is 34.9 Å². The van der Waals surface area contributed by atoms with E-state index in [0.29, 0.717) is 35.5 Å². The minimum atomic E-state index is -0.449. The Bertz CT molecular complexity index is 798. The van der Waals surface area contributed by atoms with Gasteiger partial charge in [-0.05, 0) is 43.9 Å². The number of H-pyrrole nitrogens is 1. The number of nitrogens with one attached hydrogen (secondary N) is 1. The van der Waals surface area contributed by atoms with Crippen molar-refractivity contribution in [2.75, 3.05) is 13.1 Å². The lowest BCUT2D eigenvalue weighted by molar-refractivity contribution is 0.0683. The van der Waals surface area contributed by atoms with Gasteiger partial charge in [-0.2, -0.15) is 0 Å². The van der Waals surface area contributed by atoms with E-state index < -0.39 is 11.4 Å². The molecule has 5 nitrogen and oxygen atoms in total. The highest BCUT2D eigenvalue weighted by atomic mass is 35.5. The summed E-state index contributed by atoms with van der Waals surface area (Å²) in [6.45, 7) is 3.24. The number of aromatic nitrogens is 1. The molecule has 0 spiro atoms. The van der Waals surface area contributed by atoms with Crippen molar-refractivity contribution < 1.29 is 9.18 Å². The number of hydrogen-bond acceptors (Lipinski definition) is 3. The summed E-state index contributed by atoms with van der Waals surface area (Å²) in [5.74, 6) is -0.213. The van der Waals surface area contributed by atoms with E-state index >= 15 is 0 Å². The Morgan fingerprint density at radius 1 is 1.33 bits per heavy atom. The van der Waals surface area contributed by atoms with Crippen LogP contribution in [0.5, 0.6) is 0 Å². The van der Waals surface area contributed by atoms with Gasteiger partial charge in [-0.3, -0.25) is 9.59 Å². The summed E-state index contributed by atoms with van der Waals surface area (Å²) < 4.78 is 13.3. The number of rotatable bonds is 2. The fourth-order valence-electron chi connectivity index (χ4n) is 3.21.